The zero-order valence-electron chi connectivity index (χ0n) is 13.7. The molecule has 0 fully saturated rings. The summed E-state index contributed by atoms with van der Waals surface area (Å²) in [4.78, 5) is 27.6. The highest BCUT2D eigenvalue weighted by atomic mass is 35.5. The lowest BCUT2D eigenvalue weighted by Gasteiger charge is -2.11. The SMILES string of the molecule is Cn1cc(Cc2ccncc2C(=O)O)cc(-c2cc(Cl)ccc2F)c1=O. The van der Waals surface area contributed by atoms with Crippen LogP contribution < -0.4 is 5.56 Å². The van der Waals surface area contributed by atoms with Crippen LogP contribution in [0.4, 0.5) is 4.39 Å². The molecule has 0 radical (unpaired) electrons. The summed E-state index contributed by atoms with van der Waals surface area (Å²) in [6.07, 6.45) is 4.63. The van der Waals surface area contributed by atoms with Crippen LogP contribution in [0, 0.1) is 5.82 Å². The van der Waals surface area contributed by atoms with Crippen LogP contribution in [0.15, 0.2) is 53.7 Å². The average molecular weight is 373 g/mol. The summed E-state index contributed by atoms with van der Waals surface area (Å²) < 4.78 is 15.5. The molecule has 132 valence electrons. The molecule has 0 atom stereocenters. The fraction of sp³-hybridized carbons (Fsp3) is 0.105. The Labute approximate surface area is 153 Å². The first-order chi connectivity index (χ1) is 12.4. The van der Waals surface area contributed by atoms with Gasteiger partial charge < -0.3 is 9.67 Å². The third kappa shape index (κ3) is 3.50. The topological polar surface area (TPSA) is 72.2 Å². The summed E-state index contributed by atoms with van der Waals surface area (Å²) in [6.45, 7) is 0. The van der Waals surface area contributed by atoms with Gasteiger partial charge >= 0.3 is 5.97 Å². The van der Waals surface area contributed by atoms with Gasteiger partial charge in [0.15, 0.2) is 0 Å². The highest BCUT2D eigenvalue weighted by Gasteiger charge is 2.15. The van der Waals surface area contributed by atoms with E-state index in [4.69, 9.17) is 11.6 Å². The molecule has 1 aromatic carbocycles. The van der Waals surface area contributed by atoms with Crippen LogP contribution in [-0.2, 0) is 13.5 Å². The predicted molar refractivity (Wildman–Crippen MR) is 96.1 cm³/mol. The molecule has 0 bridgehead atoms. The normalized spacial score (nSPS) is 10.7. The van der Waals surface area contributed by atoms with Gasteiger partial charge in [0.25, 0.3) is 5.56 Å². The van der Waals surface area contributed by atoms with Gasteiger partial charge in [-0.1, -0.05) is 11.6 Å². The van der Waals surface area contributed by atoms with Gasteiger partial charge in [0.05, 0.1) is 11.1 Å². The highest BCUT2D eigenvalue weighted by Crippen LogP contribution is 2.25. The minimum absolute atomic E-state index is 0.0804. The number of nitrogens with zero attached hydrogens (tertiary/aromatic N) is 2. The predicted octanol–water partition coefficient (Wildman–Crippen LogP) is 3.53. The third-order valence-corrected chi connectivity index (χ3v) is 4.23. The summed E-state index contributed by atoms with van der Waals surface area (Å²) in [5.74, 6) is -1.64. The van der Waals surface area contributed by atoms with Crippen molar-refractivity contribution in [2.45, 2.75) is 6.42 Å². The van der Waals surface area contributed by atoms with E-state index < -0.39 is 11.8 Å². The fourth-order valence-electron chi connectivity index (χ4n) is 2.77. The molecule has 3 aromatic rings. The molecule has 0 aliphatic heterocycles. The Morgan fingerprint density at radius 1 is 1.27 bits per heavy atom. The van der Waals surface area contributed by atoms with E-state index in [1.807, 2.05) is 0 Å². The molecule has 0 amide bonds. The Morgan fingerprint density at radius 2 is 2.04 bits per heavy atom. The first-order valence-corrected chi connectivity index (χ1v) is 8.06. The van der Waals surface area contributed by atoms with Gasteiger partial charge in [0.1, 0.15) is 5.82 Å². The molecule has 0 spiro atoms. The van der Waals surface area contributed by atoms with Crippen LogP contribution in [0.3, 0.4) is 0 Å². The van der Waals surface area contributed by atoms with Crippen molar-refractivity contribution < 1.29 is 14.3 Å². The number of aromatic carboxylic acids is 1. The lowest BCUT2D eigenvalue weighted by atomic mass is 9.99. The number of aromatic nitrogens is 2. The lowest BCUT2D eigenvalue weighted by molar-refractivity contribution is 0.0695. The molecule has 0 aliphatic rings. The number of hydrogen-bond donors (Lipinski definition) is 1. The van der Waals surface area contributed by atoms with Gasteiger partial charge in [0.2, 0.25) is 0 Å². The second-order valence-electron chi connectivity index (χ2n) is 5.82. The number of carboxylic acids is 1. The smallest absolute Gasteiger partial charge is 0.337 e. The van der Waals surface area contributed by atoms with Gasteiger partial charge in [-0.3, -0.25) is 9.78 Å². The highest BCUT2D eigenvalue weighted by molar-refractivity contribution is 6.30. The molecule has 7 heteroatoms. The lowest BCUT2D eigenvalue weighted by Crippen LogP contribution is -2.19. The Balaban J connectivity index is 2.12. The van der Waals surface area contributed by atoms with E-state index in [2.05, 4.69) is 4.98 Å². The van der Waals surface area contributed by atoms with Crippen molar-refractivity contribution >= 4 is 17.6 Å². The fourth-order valence-corrected chi connectivity index (χ4v) is 2.94. The van der Waals surface area contributed by atoms with Crippen molar-refractivity contribution in [2.24, 2.45) is 7.05 Å². The number of halogens is 2. The number of hydrogen-bond acceptors (Lipinski definition) is 3. The first-order valence-electron chi connectivity index (χ1n) is 7.68. The van der Waals surface area contributed by atoms with Crippen molar-refractivity contribution in [1.29, 1.82) is 0 Å². The molecule has 1 N–H and O–H groups in total. The molecular weight excluding hydrogens is 359 g/mol. The van der Waals surface area contributed by atoms with Crippen molar-refractivity contribution in [2.75, 3.05) is 0 Å². The average Bonchev–Trinajstić information content (AvgIpc) is 2.60. The van der Waals surface area contributed by atoms with E-state index in [1.165, 1.54) is 35.2 Å². The van der Waals surface area contributed by atoms with Crippen LogP contribution in [0.5, 0.6) is 0 Å². The zero-order chi connectivity index (χ0) is 18.8. The van der Waals surface area contributed by atoms with Gasteiger partial charge in [-0.25, -0.2) is 9.18 Å². The maximum atomic E-state index is 14.2. The summed E-state index contributed by atoms with van der Waals surface area (Å²) in [6, 6.07) is 7.17. The standard InChI is InChI=1S/C19H14ClFN2O3/c1-23-10-11(6-12-4-5-22-9-16(12)19(25)26)7-15(18(23)24)14-8-13(20)2-3-17(14)21/h2-5,7-10H,6H2,1H3,(H,25,26). The van der Waals surface area contributed by atoms with Crippen molar-refractivity contribution in [1.82, 2.24) is 9.55 Å². The Kier molecular flexibility index (Phi) is 4.86. The van der Waals surface area contributed by atoms with Crippen LogP contribution in [0.2, 0.25) is 5.02 Å². The summed E-state index contributed by atoms with van der Waals surface area (Å²) in [7, 11) is 1.56. The second-order valence-corrected chi connectivity index (χ2v) is 6.25. The van der Waals surface area contributed by atoms with Crippen LogP contribution in [-0.4, -0.2) is 20.6 Å². The summed E-state index contributed by atoms with van der Waals surface area (Å²) >= 11 is 5.94. The molecule has 0 aliphatic carbocycles. The number of benzene rings is 1. The quantitative estimate of drug-likeness (QED) is 0.760. The molecule has 5 nitrogen and oxygen atoms in total. The van der Waals surface area contributed by atoms with Crippen molar-refractivity contribution in [3.05, 3.63) is 86.8 Å². The van der Waals surface area contributed by atoms with Gasteiger partial charge in [-0.15, -0.1) is 0 Å². The second kappa shape index (κ2) is 7.09. The summed E-state index contributed by atoms with van der Waals surface area (Å²) in [5, 5.41) is 9.60. The van der Waals surface area contributed by atoms with Gasteiger partial charge in [0, 0.05) is 36.2 Å². The minimum Gasteiger partial charge on any atom is -0.478 e. The minimum atomic E-state index is -1.08. The van der Waals surface area contributed by atoms with Crippen LogP contribution in [0.1, 0.15) is 21.5 Å². The number of rotatable bonds is 4. The van der Waals surface area contributed by atoms with E-state index in [0.717, 1.165) is 0 Å². The molecule has 26 heavy (non-hydrogen) atoms. The van der Waals surface area contributed by atoms with Gasteiger partial charge in [-0.05, 0) is 47.9 Å². The molecule has 2 heterocycles. The zero-order valence-corrected chi connectivity index (χ0v) is 14.5. The number of carbonyl (C=O) groups is 1. The molecule has 2 aromatic heterocycles. The maximum Gasteiger partial charge on any atom is 0.337 e. The van der Waals surface area contributed by atoms with E-state index in [0.29, 0.717) is 16.1 Å². The maximum absolute atomic E-state index is 14.2. The Hall–Kier alpha value is -2.99. The van der Waals surface area contributed by atoms with E-state index >= 15 is 0 Å². The molecule has 0 unspecified atom stereocenters. The van der Waals surface area contributed by atoms with E-state index in [1.54, 1.807) is 25.4 Å². The Bertz CT molecular complexity index is 1060. The largest absolute Gasteiger partial charge is 0.478 e. The first kappa shape index (κ1) is 17.8. The van der Waals surface area contributed by atoms with Crippen LogP contribution in [0.25, 0.3) is 11.1 Å². The number of pyridine rings is 2. The number of aryl methyl sites for hydroxylation is 1. The van der Waals surface area contributed by atoms with Crippen molar-refractivity contribution in [3.63, 3.8) is 0 Å². The molecular formula is C19H14ClFN2O3. The van der Waals surface area contributed by atoms with E-state index in [-0.39, 0.29) is 28.7 Å². The van der Waals surface area contributed by atoms with Crippen LogP contribution >= 0.6 is 11.6 Å². The Morgan fingerprint density at radius 3 is 2.77 bits per heavy atom. The van der Waals surface area contributed by atoms with E-state index in [9.17, 15) is 19.1 Å². The summed E-state index contributed by atoms with van der Waals surface area (Å²) in [5.41, 5.74) is 1.18. The third-order valence-electron chi connectivity index (χ3n) is 3.99. The molecule has 3 rings (SSSR count). The molecule has 0 saturated carbocycles. The molecule has 0 saturated heterocycles. The monoisotopic (exact) mass is 372 g/mol. The van der Waals surface area contributed by atoms with Gasteiger partial charge in [-0.2, -0.15) is 0 Å². The van der Waals surface area contributed by atoms with Crippen molar-refractivity contribution in [3.8, 4) is 11.1 Å². The number of carboxylic acid groups (broad SMARTS) is 1.